The summed E-state index contributed by atoms with van der Waals surface area (Å²) in [5.74, 6) is 0.721. The highest BCUT2D eigenvalue weighted by Gasteiger charge is 2.42. The van der Waals surface area contributed by atoms with Crippen molar-refractivity contribution in [3.63, 3.8) is 0 Å². The van der Waals surface area contributed by atoms with Gasteiger partial charge in [-0.1, -0.05) is 50.3 Å². The molecule has 0 amide bonds. The van der Waals surface area contributed by atoms with Gasteiger partial charge in [-0.2, -0.15) is 0 Å². The zero-order valence-electron chi connectivity index (χ0n) is 15.3. The van der Waals surface area contributed by atoms with Crippen LogP contribution in [0.3, 0.4) is 0 Å². The first kappa shape index (κ1) is 18.2. The van der Waals surface area contributed by atoms with Crippen molar-refractivity contribution >= 4 is 6.08 Å². The number of quaternary nitrogens is 1. The molecular formula is C21H34NO+. The molecule has 1 atom stereocenters. The quantitative estimate of drug-likeness (QED) is 0.759. The Morgan fingerprint density at radius 1 is 1.22 bits per heavy atom. The van der Waals surface area contributed by atoms with Gasteiger partial charge >= 0.3 is 0 Å². The molecule has 1 fully saturated rings. The molecule has 2 rings (SSSR count). The van der Waals surface area contributed by atoms with Crippen LogP contribution in [0.5, 0.6) is 0 Å². The molecule has 23 heavy (non-hydrogen) atoms. The fourth-order valence-corrected chi connectivity index (χ4v) is 3.88. The lowest BCUT2D eigenvalue weighted by molar-refractivity contribution is -0.648. The van der Waals surface area contributed by atoms with Crippen LogP contribution >= 0.6 is 0 Å². The van der Waals surface area contributed by atoms with Gasteiger partial charge in [-0.3, -0.25) is 0 Å². The average molecular weight is 317 g/mol. The van der Waals surface area contributed by atoms with Crippen LogP contribution in [0.4, 0.5) is 0 Å². The minimum absolute atomic E-state index is 0.0374. The van der Waals surface area contributed by atoms with Crippen molar-refractivity contribution in [1.29, 1.82) is 0 Å². The summed E-state index contributed by atoms with van der Waals surface area (Å²) in [6.07, 6.45) is 8.17. The lowest BCUT2D eigenvalue weighted by atomic mass is 9.65. The van der Waals surface area contributed by atoms with Gasteiger partial charge < -0.3 is 10.1 Å². The molecule has 0 unspecified atom stereocenters. The van der Waals surface area contributed by atoms with Crippen LogP contribution in [-0.2, 0) is 4.74 Å². The number of hydrogen-bond acceptors (Lipinski definition) is 1. The molecule has 0 aliphatic carbocycles. The summed E-state index contributed by atoms with van der Waals surface area (Å²) in [7, 11) is 0. The Balaban J connectivity index is 1.78. The third-order valence-electron chi connectivity index (χ3n) is 5.35. The fraction of sp³-hybridized carbons (Fsp3) is 0.619. The van der Waals surface area contributed by atoms with Crippen LogP contribution in [0.2, 0.25) is 0 Å². The second-order valence-corrected chi connectivity index (χ2v) is 7.93. The monoisotopic (exact) mass is 316 g/mol. The SMILES string of the molecule is CC(C)[C@@]1(CC[NH2+]C/C=C/c2ccccc2)CCOC(C)(C)C1. The van der Waals surface area contributed by atoms with Gasteiger partial charge in [0, 0.05) is 13.0 Å². The average Bonchev–Trinajstić information content (AvgIpc) is 2.50. The number of benzene rings is 1. The summed E-state index contributed by atoms with van der Waals surface area (Å²) in [5.41, 5.74) is 1.77. The molecule has 2 nitrogen and oxygen atoms in total. The van der Waals surface area contributed by atoms with Gasteiger partial charge in [0.2, 0.25) is 0 Å². The van der Waals surface area contributed by atoms with Crippen LogP contribution in [0.1, 0.15) is 52.5 Å². The first-order valence-electron chi connectivity index (χ1n) is 9.11. The van der Waals surface area contributed by atoms with E-state index in [1.165, 1.54) is 31.4 Å². The maximum atomic E-state index is 5.94. The molecule has 1 saturated heterocycles. The predicted octanol–water partition coefficient (Wildman–Crippen LogP) is 3.88. The summed E-state index contributed by atoms with van der Waals surface area (Å²) in [6, 6.07) is 10.5. The molecule has 0 aromatic heterocycles. The first-order valence-corrected chi connectivity index (χ1v) is 9.11. The molecule has 1 aromatic carbocycles. The number of hydrogen-bond donors (Lipinski definition) is 1. The van der Waals surface area contributed by atoms with Gasteiger partial charge in [-0.05, 0) is 49.7 Å². The summed E-state index contributed by atoms with van der Waals surface area (Å²) in [4.78, 5) is 0. The van der Waals surface area contributed by atoms with Crippen LogP contribution in [0, 0.1) is 11.3 Å². The van der Waals surface area contributed by atoms with Gasteiger partial charge in [0.1, 0.15) is 0 Å². The highest BCUT2D eigenvalue weighted by atomic mass is 16.5. The Labute approximate surface area is 142 Å². The minimum atomic E-state index is 0.0374. The predicted molar refractivity (Wildman–Crippen MR) is 98.3 cm³/mol. The van der Waals surface area contributed by atoms with E-state index in [2.05, 4.69) is 75.5 Å². The fourth-order valence-electron chi connectivity index (χ4n) is 3.88. The van der Waals surface area contributed by atoms with Crippen molar-refractivity contribution in [1.82, 2.24) is 0 Å². The summed E-state index contributed by atoms with van der Waals surface area (Å²) < 4.78 is 5.94. The van der Waals surface area contributed by atoms with Gasteiger partial charge in [-0.15, -0.1) is 0 Å². The Morgan fingerprint density at radius 2 is 1.96 bits per heavy atom. The molecule has 2 N–H and O–H groups in total. The molecule has 0 radical (unpaired) electrons. The van der Waals surface area contributed by atoms with E-state index in [9.17, 15) is 0 Å². The lowest BCUT2D eigenvalue weighted by Crippen LogP contribution is -2.84. The van der Waals surface area contributed by atoms with E-state index >= 15 is 0 Å². The zero-order valence-corrected chi connectivity index (χ0v) is 15.3. The van der Waals surface area contributed by atoms with Crippen molar-refractivity contribution < 1.29 is 10.1 Å². The van der Waals surface area contributed by atoms with Gasteiger partial charge in [-0.25, -0.2) is 0 Å². The Kier molecular flexibility index (Phi) is 6.43. The Bertz CT molecular complexity index is 492. The van der Waals surface area contributed by atoms with E-state index in [0.717, 1.165) is 19.1 Å². The molecule has 1 aliphatic heterocycles. The molecule has 2 heteroatoms. The molecule has 1 heterocycles. The number of ether oxygens (including phenoxy) is 1. The highest BCUT2D eigenvalue weighted by molar-refractivity contribution is 5.48. The lowest BCUT2D eigenvalue weighted by Gasteiger charge is -2.47. The van der Waals surface area contributed by atoms with Crippen LogP contribution in [0.15, 0.2) is 36.4 Å². The van der Waals surface area contributed by atoms with Gasteiger partial charge in [0.05, 0.1) is 18.7 Å². The largest absolute Gasteiger partial charge is 0.376 e. The molecule has 0 saturated carbocycles. The van der Waals surface area contributed by atoms with E-state index in [4.69, 9.17) is 4.74 Å². The van der Waals surface area contributed by atoms with Crippen LogP contribution in [0.25, 0.3) is 6.08 Å². The topological polar surface area (TPSA) is 25.8 Å². The smallest absolute Gasteiger partial charge is 0.0945 e. The second kappa shape index (κ2) is 8.12. The van der Waals surface area contributed by atoms with E-state index in [0.29, 0.717) is 5.41 Å². The third kappa shape index (κ3) is 5.47. The normalized spacial score (nSPS) is 24.4. The molecule has 0 spiro atoms. The van der Waals surface area contributed by atoms with Crippen molar-refractivity contribution in [3.8, 4) is 0 Å². The molecule has 0 bridgehead atoms. The first-order chi connectivity index (χ1) is 10.9. The van der Waals surface area contributed by atoms with Gasteiger partial charge in [0.15, 0.2) is 0 Å². The van der Waals surface area contributed by atoms with E-state index in [1.807, 2.05) is 0 Å². The second-order valence-electron chi connectivity index (χ2n) is 7.93. The van der Waals surface area contributed by atoms with Crippen LogP contribution in [-0.4, -0.2) is 25.3 Å². The van der Waals surface area contributed by atoms with Gasteiger partial charge in [0.25, 0.3) is 0 Å². The zero-order chi connectivity index (χ0) is 16.8. The number of nitrogens with two attached hydrogens (primary N) is 1. The Morgan fingerprint density at radius 3 is 2.61 bits per heavy atom. The minimum Gasteiger partial charge on any atom is -0.376 e. The van der Waals surface area contributed by atoms with Crippen LogP contribution < -0.4 is 5.32 Å². The highest BCUT2D eigenvalue weighted by Crippen LogP contribution is 2.46. The third-order valence-corrected chi connectivity index (χ3v) is 5.35. The maximum absolute atomic E-state index is 5.94. The number of rotatable bonds is 7. The van der Waals surface area contributed by atoms with Crippen molar-refractivity contribution in [2.24, 2.45) is 11.3 Å². The van der Waals surface area contributed by atoms with Crippen molar-refractivity contribution in [3.05, 3.63) is 42.0 Å². The Hall–Kier alpha value is -1.12. The van der Waals surface area contributed by atoms with Crippen molar-refractivity contribution in [2.45, 2.75) is 52.6 Å². The summed E-state index contributed by atoms with van der Waals surface area (Å²) >= 11 is 0. The van der Waals surface area contributed by atoms with E-state index < -0.39 is 0 Å². The molecule has 128 valence electrons. The standard InChI is InChI=1S/C21H33NO/c1-18(2)21(13-16-23-20(3,4)17-21)12-15-22-14-8-11-19-9-6-5-7-10-19/h5-11,18,22H,12-17H2,1-4H3/p+1/b11-8+/t21-/m0/s1. The molecule has 1 aliphatic rings. The van der Waals surface area contributed by atoms with E-state index in [1.54, 1.807) is 0 Å². The maximum Gasteiger partial charge on any atom is 0.0945 e. The van der Waals surface area contributed by atoms with E-state index in [-0.39, 0.29) is 5.60 Å². The summed E-state index contributed by atoms with van der Waals surface area (Å²) in [6.45, 7) is 12.4. The molecule has 1 aromatic rings. The van der Waals surface area contributed by atoms with Crippen molar-refractivity contribution in [2.75, 3.05) is 19.7 Å². The molecular weight excluding hydrogens is 282 g/mol. The summed E-state index contributed by atoms with van der Waals surface area (Å²) in [5, 5.41) is 2.44.